The number of nitrogens with zero attached hydrogens (tertiary/aromatic N) is 1. The van der Waals surface area contributed by atoms with Gasteiger partial charge in [0, 0.05) is 21.3 Å². The van der Waals surface area contributed by atoms with Gasteiger partial charge in [-0.25, -0.2) is 0 Å². The minimum atomic E-state index is -0.0154. The fraction of sp³-hybridized carbons (Fsp3) is 0.333. The number of nitrogens with one attached hydrogen (secondary N) is 3. The summed E-state index contributed by atoms with van der Waals surface area (Å²) >= 11 is 7.90. The van der Waals surface area contributed by atoms with Crippen LogP contribution >= 0.6 is 48.2 Å². The van der Waals surface area contributed by atoms with E-state index in [-0.39, 0.29) is 36.8 Å². The van der Waals surface area contributed by atoms with Crippen LogP contribution in [0.15, 0.2) is 52.3 Å². The number of halogens is 3. The van der Waals surface area contributed by atoms with Gasteiger partial charge in [0.05, 0.1) is 16.1 Å². The molecule has 0 saturated carbocycles. The summed E-state index contributed by atoms with van der Waals surface area (Å²) in [6, 6.07) is 14.1. The molecule has 2 aliphatic heterocycles. The Hall–Kier alpha value is -1.70. The summed E-state index contributed by atoms with van der Waals surface area (Å²) in [4.78, 5) is 15.1. The van der Waals surface area contributed by atoms with Crippen molar-refractivity contribution in [2.45, 2.75) is 36.6 Å². The van der Waals surface area contributed by atoms with Crippen LogP contribution in [-0.4, -0.2) is 35.2 Å². The molecule has 9 heteroatoms. The van der Waals surface area contributed by atoms with Gasteiger partial charge in [-0.15, -0.1) is 24.8 Å². The topological polar surface area (TPSA) is 69.8 Å². The van der Waals surface area contributed by atoms with Crippen molar-refractivity contribution in [1.29, 1.82) is 0 Å². The Bertz CT molecular complexity index is 1140. The van der Waals surface area contributed by atoms with E-state index in [1.54, 1.807) is 0 Å². The first-order valence-electron chi connectivity index (χ1n) is 10.8. The van der Waals surface area contributed by atoms with E-state index in [2.05, 4.69) is 26.9 Å². The second-order valence-corrected chi connectivity index (χ2v) is 9.69. The molecule has 3 N–H and O–H groups in total. The fourth-order valence-corrected chi connectivity index (χ4v) is 5.81. The Morgan fingerprint density at radius 2 is 1.94 bits per heavy atom. The van der Waals surface area contributed by atoms with E-state index in [0.717, 1.165) is 70.9 Å². The molecule has 1 amide bonds. The lowest BCUT2D eigenvalue weighted by Gasteiger charge is -2.32. The second-order valence-electron chi connectivity index (χ2n) is 8.20. The Labute approximate surface area is 215 Å². The smallest absolute Gasteiger partial charge is 0.258 e. The largest absolute Gasteiger partial charge is 0.349 e. The molecule has 3 heterocycles. The fourth-order valence-electron chi connectivity index (χ4n) is 4.56. The molecule has 1 fully saturated rings. The number of amides is 1. The maximum absolute atomic E-state index is 13.3. The van der Waals surface area contributed by atoms with Crippen molar-refractivity contribution < 1.29 is 4.79 Å². The lowest BCUT2D eigenvalue weighted by atomic mass is 9.86. The Morgan fingerprint density at radius 3 is 2.73 bits per heavy atom. The van der Waals surface area contributed by atoms with Crippen LogP contribution in [0.2, 0.25) is 5.02 Å². The first kappa shape index (κ1) is 25.9. The van der Waals surface area contributed by atoms with Crippen molar-refractivity contribution in [2.24, 2.45) is 5.92 Å². The van der Waals surface area contributed by atoms with Crippen LogP contribution in [0.5, 0.6) is 0 Å². The van der Waals surface area contributed by atoms with Crippen LogP contribution in [0.3, 0.4) is 0 Å². The third-order valence-electron chi connectivity index (χ3n) is 6.24. The molecule has 0 bridgehead atoms. The quantitative estimate of drug-likeness (QED) is 0.390. The normalized spacial score (nSPS) is 16.3. The summed E-state index contributed by atoms with van der Waals surface area (Å²) < 4.78 is 0. The average Bonchev–Trinajstić information content (AvgIpc) is 3.22. The van der Waals surface area contributed by atoms with Crippen LogP contribution in [0.4, 0.5) is 0 Å². The van der Waals surface area contributed by atoms with Crippen molar-refractivity contribution in [2.75, 3.05) is 13.1 Å². The average molecular weight is 526 g/mol. The number of hydrogen-bond acceptors (Lipinski definition) is 4. The number of piperidine rings is 1. The molecule has 2 aliphatic rings. The van der Waals surface area contributed by atoms with Gasteiger partial charge in [-0.3, -0.25) is 9.89 Å². The maximum atomic E-state index is 13.3. The summed E-state index contributed by atoms with van der Waals surface area (Å²) in [7, 11) is 0. The summed E-state index contributed by atoms with van der Waals surface area (Å²) in [5.41, 5.74) is 2.98. The number of aryl methyl sites for hydroxylation is 1. The predicted octanol–water partition coefficient (Wildman–Crippen LogP) is 5.62. The second kappa shape index (κ2) is 11.6. The zero-order valence-electron chi connectivity index (χ0n) is 18.0. The molecule has 5 nitrogen and oxygen atoms in total. The van der Waals surface area contributed by atoms with Crippen molar-refractivity contribution in [3.05, 3.63) is 63.6 Å². The van der Waals surface area contributed by atoms with Crippen LogP contribution in [0.1, 0.15) is 30.5 Å². The molecule has 3 aromatic rings. The summed E-state index contributed by atoms with van der Waals surface area (Å²) in [5, 5.41) is 16.1. The molecule has 33 heavy (non-hydrogen) atoms. The van der Waals surface area contributed by atoms with Gasteiger partial charge < -0.3 is 10.6 Å². The molecule has 1 saturated heterocycles. The van der Waals surface area contributed by atoms with Crippen LogP contribution in [0, 0.1) is 5.92 Å². The Balaban J connectivity index is 0.00000153. The van der Waals surface area contributed by atoms with Gasteiger partial charge >= 0.3 is 0 Å². The van der Waals surface area contributed by atoms with Crippen LogP contribution in [-0.2, 0) is 11.2 Å². The highest BCUT2D eigenvalue weighted by atomic mass is 35.5. The van der Waals surface area contributed by atoms with E-state index < -0.39 is 0 Å². The molecule has 1 atom stereocenters. The predicted molar refractivity (Wildman–Crippen MR) is 142 cm³/mol. The number of carbonyl (C=O) groups is 1. The lowest BCUT2D eigenvalue weighted by Crippen LogP contribution is -2.45. The molecular formula is C24H27Cl3N4OS. The number of thioether (sulfide) groups is 1. The van der Waals surface area contributed by atoms with Gasteiger partial charge in [0.15, 0.2) is 0 Å². The minimum absolute atomic E-state index is 0. The van der Waals surface area contributed by atoms with Crippen molar-refractivity contribution in [3.63, 3.8) is 0 Å². The van der Waals surface area contributed by atoms with E-state index in [9.17, 15) is 4.79 Å². The Morgan fingerprint density at radius 1 is 1.15 bits per heavy atom. The molecule has 2 aromatic carbocycles. The highest BCUT2D eigenvalue weighted by molar-refractivity contribution is 8.04. The third-order valence-corrected chi connectivity index (χ3v) is 7.69. The van der Waals surface area contributed by atoms with E-state index in [1.165, 1.54) is 11.8 Å². The molecule has 176 valence electrons. The number of aromatic nitrogens is 2. The van der Waals surface area contributed by atoms with Gasteiger partial charge in [-0.2, -0.15) is 5.10 Å². The first-order chi connectivity index (χ1) is 15.2. The van der Waals surface area contributed by atoms with E-state index in [4.69, 9.17) is 11.6 Å². The monoisotopic (exact) mass is 524 g/mol. The summed E-state index contributed by atoms with van der Waals surface area (Å²) in [6.45, 7) is 2.00. The van der Waals surface area contributed by atoms with E-state index in [0.29, 0.717) is 10.8 Å². The third kappa shape index (κ3) is 5.69. The minimum Gasteiger partial charge on any atom is -0.349 e. The Kier molecular flexibility index (Phi) is 9.13. The molecule has 0 aliphatic carbocycles. The van der Waals surface area contributed by atoms with Crippen LogP contribution < -0.4 is 10.6 Å². The van der Waals surface area contributed by atoms with Crippen molar-refractivity contribution >= 4 is 71.1 Å². The molecule has 5 rings (SSSR count). The molecule has 1 unspecified atom stereocenters. The number of aromatic amines is 1. The number of hydrogen-bond donors (Lipinski definition) is 3. The SMILES string of the molecule is Cl.Cl.O=C(NC(CCc1ccccc1Cl)C1CCNCC1)C1=Cc2n[nH]c3cccc(c23)S1. The standard InChI is InChI=1S/C24H25ClN4OS.2ClH/c25-17-5-2-1-4-15(17)8-9-18(16-10-12-26-13-11-16)27-24(30)22-14-20-23-19(28-29-20)6-3-7-21(23)31-22;;/h1-7,14,16,18,26H,8-13H2,(H,27,30)(H,28,29);2*1H. The zero-order chi connectivity index (χ0) is 21.2. The van der Waals surface area contributed by atoms with E-state index >= 15 is 0 Å². The summed E-state index contributed by atoms with van der Waals surface area (Å²) in [6.07, 6.45) is 5.77. The zero-order valence-corrected chi connectivity index (χ0v) is 21.2. The first-order valence-corrected chi connectivity index (χ1v) is 12.0. The number of rotatable bonds is 6. The molecule has 1 aromatic heterocycles. The highest BCUT2D eigenvalue weighted by Gasteiger charge is 2.28. The van der Waals surface area contributed by atoms with Crippen molar-refractivity contribution in [1.82, 2.24) is 20.8 Å². The van der Waals surface area contributed by atoms with Crippen LogP contribution in [0.25, 0.3) is 17.0 Å². The van der Waals surface area contributed by atoms with E-state index in [1.807, 2.05) is 42.5 Å². The molecular weight excluding hydrogens is 499 g/mol. The molecule has 0 spiro atoms. The number of benzene rings is 2. The van der Waals surface area contributed by atoms with Gasteiger partial charge in [0.2, 0.25) is 0 Å². The van der Waals surface area contributed by atoms with Gasteiger partial charge in [-0.1, -0.05) is 47.6 Å². The number of carbonyl (C=O) groups excluding carboxylic acids is 1. The van der Waals surface area contributed by atoms with Gasteiger partial charge in [-0.05, 0) is 74.5 Å². The van der Waals surface area contributed by atoms with Gasteiger partial charge in [0.25, 0.3) is 5.91 Å². The lowest BCUT2D eigenvalue weighted by molar-refractivity contribution is -0.117. The maximum Gasteiger partial charge on any atom is 0.258 e. The summed E-state index contributed by atoms with van der Waals surface area (Å²) in [5.74, 6) is 0.449. The highest BCUT2D eigenvalue weighted by Crippen LogP contribution is 2.40. The molecule has 0 radical (unpaired) electrons. The van der Waals surface area contributed by atoms with Gasteiger partial charge in [0.1, 0.15) is 0 Å². The van der Waals surface area contributed by atoms with Crippen molar-refractivity contribution in [3.8, 4) is 0 Å². The number of H-pyrrole nitrogens is 1.